The van der Waals surface area contributed by atoms with Gasteiger partial charge in [0.05, 0.1) is 12.5 Å². The fourth-order valence-corrected chi connectivity index (χ4v) is 3.05. The Morgan fingerprint density at radius 2 is 1.76 bits per heavy atom. The molecule has 0 spiro atoms. The minimum absolute atomic E-state index is 0.0922. The van der Waals surface area contributed by atoms with Crippen molar-refractivity contribution in [3.05, 3.63) is 12.2 Å². The van der Waals surface area contributed by atoms with Crippen LogP contribution in [-0.4, -0.2) is 22.8 Å². The van der Waals surface area contributed by atoms with E-state index in [9.17, 15) is 9.90 Å². The van der Waals surface area contributed by atoms with Crippen molar-refractivity contribution >= 4 is 5.97 Å². The van der Waals surface area contributed by atoms with Crippen LogP contribution < -0.4 is 0 Å². The van der Waals surface area contributed by atoms with E-state index >= 15 is 0 Å². The average Bonchev–Trinajstić information content (AvgIpc) is 2.17. The number of aliphatic hydroxyl groups excluding tert-OH is 1. The van der Waals surface area contributed by atoms with Gasteiger partial charge in [0.15, 0.2) is 0 Å². The molecule has 3 heteroatoms. The molecule has 1 atom stereocenters. The maximum atomic E-state index is 12.1. The van der Waals surface area contributed by atoms with Crippen molar-refractivity contribution in [3.63, 3.8) is 0 Å². The maximum absolute atomic E-state index is 12.1. The van der Waals surface area contributed by atoms with Crippen LogP contribution in [0.15, 0.2) is 12.2 Å². The minimum Gasteiger partial charge on any atom is -0.460 e. The highest BCUT2D eigenvalue weighted by Crippen LogP contribution is 2.50. The molecule has 0 heterocycles. The molecule has 0 radical (unpaired) electrons. The Kier molecular flexibility index (Phi) is 5.31. The molecule has 1 aliphatic rings. The van der Waals surface area contributed by atoms with Gasteiger partial charge < -0.3 is 9.84 Å². The zero-order valence-electron chi connectivity index (χ0n) is 14.6. The highest BCUT2D eigenvalue weighted by atomic mass is 16.6. The molecule has 1 saturated carbocycles. The van der Waals surface area contributed by atoms with E-state index in [2.05, 4.69) is 27.4 Å². The van der Waals surface area contributed by atoms with Crippen LogP contribution in [0, 0.1) is 10.8 Å². The molecule has 0 saturated heterocycles. The monoisotopic (exact) mass is 296 g/mol. The lowest BCUT2D eigenvalue weighted by Gasteiger charge is -2.46. The van der Waals surface area contributed by atoms with Crippen molar-refractivity contribution in [2.24, 2.45) is 10.8 Å². The molecule has 0 aliphatic heterocycles. The largest absolute Gasteiger partial charge is 0.460 e. The normalized spacial score (nSPS) is 19.6. The van der Waals surface area contributed by atoms with Crippen molar-refractivity contribution in [2.75, 3.05) is 0 Å². The first-order chi connectivity index (χ1) is 9.35. The van der Waals surface area contributed by atoms with Gasteiger partial charge in [-0.1, -0.05) is 33.8 Å². The van der Waals surface area contributed by atoms with Gasteiger partial charge in [0.1, 0.15) is 5.60 Å². The van der Waals surface area contributed by atoms with E-state index in [0.29, 0.717) is 0 Å². The van der Waals surface area contributed by atoms with E-state index in [1.807, 2.05) is 20.8 Å². The lowest BCUT2D eigenvalue weighted by atomic mass is 9.61. The third-order valence-corrected chi connectivity index (χ3v) is 3.99. The maximum Gasteiger partial charge on any atom is 0.306 e. The van der Waals surface area contributed by atoms with E-state index in [-0.39, 0.29) is 23.2 Å². The van der Waals surface area contributed by atoms with Gasteiger partial charge in [0.2, 0.25) is 0 Å². The summed E-state index contributed by atoms with van der Waals surface area (Å²) in [4.78, 5) is 12.1. The van der Waals surface area contributed by atoms with Crippen molar-refractivity contribution < 1.29 is 14.6 Å². The number of rotatable bonds is 5. The van der Waals surface area contributed by atoms with Crippen LogP contribution in [-0.2, 0) is 9.53 Å². The zero-order valence-corrected chi connectivity index (χ0v) is 14.6. The predicted molar refractivity (Wildman–Crippen MR) is 86.0 cm³/mol. The lowest BCUT2D eigenvalue weighted by Crippen LogP contribution is -2.45. The molecule has 0 aromatic heterocycles. The summed E-state index contributed by atoms with van der Waals surface area (Å²) < 4.78 is 5.42. The number of carbonyl (C=O) groups is 1. The van der Waals surface area contributed by atoms with Crippen LogP contribution in [0.1, 0.15) is 73.6 Å². The summed E-state index contributed by atoms with van der Waals surface area (Å²) in [6.07, 6.45) is 3.24. The third kappa shape index (κ3) is 5.46. The molecule has 122 valence electrons. The number of carbonyl (C=O) groups excluding carboxylic acids is 1. The second-order valence-electron chi connectivity index (χ2n) is 8.78. The summed E-state index contributed by atoms with van der Waals surface area (Å²) in [5.74, 6) is -0.218. The van der Waals surface area contributed by atoms with Crippen molar-refractivity contribution in [1.29, 1.82) is 0 Å². The molecular weight excluding hydrogens is 264 g/mol. The second-order valence-corrected chi connectivity index (χ2v) is 8.78. The summed E-state index contributed by atoms with van der Waals surface area (Å²) in [5, 5.41) is 10.7. The Morgan fingerprint density at radius 3 is 2.10 bits per heavy atom. The Balaban J connectivity index is 2.71. The van der Waals surface area contributed by atoms with Crippen LogP contribution in [0.25, 0.3) is 0 Å². The van der Waals surface area contributed by atoms with Crippen LogP contribution in [0.5, 0.6) is 0 Å². The van der Waals surface area contributed by atoms with Crippen molar-refractivity contribution in [1.82, 2.24) is 0 Å². The topological polar surface area (TPSA) is 46.5 Å². The van der Waals surface area contributed by atoms with Crippen LogP contribution >= 0.6 is 0 Å². The molecule has 1 fully saturated rings. The average molecular weight is 296 g/mol. The SMILES string of the molecule is C=C(CC(C)(C)C)C(O)C1(CC(=O)OC(C)(C)C)CCC1. The third-order valence-electron chi connectivity index (χ3n) is 3.99. The molecule has 0 bridgehead atoms. The van der Waals surface area contributed by atoms with Crippen molar-refractivity contribution in [2.45, 2.75) is 85.4 Å². The molecule has 0 aromatic rings. The molecule has 1 rings (SSSR count). The van der Waals surface area contributed by atoms with E-state index < -0.39 is 11.7 Å². The van der Waals surface area contributed by atoms with Gasteiger partial charge in [-0.2, -0.15) is 0 Å². The quantitative estimate of drug-likeness (QED) is 0.609. The van der Waals surface area contributed by atoms with Gasteiger partial charge in [-0.25, -0.2) is 0 Å². The Morgan fingerprint density at radius 1 is 1.24 bits per heavy atom. The lowest BCUT2D eigenvalue weighted by molar-refractivity contribution is -0.162. The highest BCUT2D eigenvalue weighted by Gasteiger charge is 2.47. The van der Waals surface area contributed by atoms with E-state index in [1.165, 1.54) is 0 Å². The first-order valence-corrected chi connectivity index (χ1v) is 7.92. The Hall–Kier alpha value is -0.830. The number of hydrogen-bond donors (Lipinski definition) is 1. The van der Waals surface area contributed by atoms with Crippen LogP contribution in [0.4, 0.5) is 0 Å². The second kappa shape index (κ2) is 6.12. The molecule has 1 aliphatic carbocycles. The molecule has 21 heavy (non-hydrogen) atoms. The zero-order chi connectivity index (χ0) is 16.5. The summed E-state index contributed by atoms with van der Waals surface area (Å²) >= 11 is 0. The van der Waals surface area contributed by atoms with Crippen LogP contribution in [0.2, 0.25) is 0 Å². The van der Waals surface area contributed by atoms with E-state index in [1.54, 1.807) is 0 Å². The summed E-state index contributed by atoms with van der Waals surface area (Å²) in [6.45, 7) is 16.1. The standard InChI is InChI=1S/C18H32O3/c1-13(11-16(2,3)4)15(20)18(9-8-10-18)12-14(19)21-17(5,6)7/h15,20H,1,8-12H2,2-7H3. The molecule has 3 nitrogen and oxygen atoms in total. The predicted octanol–water partition coefficient (Wildman–Crippen LogP) is 4.24. The van der Waals surface area contributed by atoms with E-state index in [4.69, 9.17) is 4.74 Å². The fraction of sp³-hybridized carbons (Fsp3) is 0.833. The van der Waals surface area contributed by atoms with Crippen LogP contribution in [0.3, 0.4) is 0 Å². The van der Waals surface area contributed by atoms with Crippen molar-refractivity contribution in [3.8, 4) is 0 Å². The molecule has 1 N–H and O–H groups in total. The summed E-state index contributed by atoms with van der Waals surface area (Å²) in [6, 6.07) is 0. The van der Waals surface area contributed by atoms with Gasteiger partial charge in [0.25, 0.3) is 0 Å². The van der Waals surface area contributed by atoms with E-state index in [0.717, 1.165) is 31.3 Å². The molecule has 0 amide bonds. The smallest absolute Gasteiger partial charge is 0.306 e. The first kappa shape index (κ1) is 18.2. The van der Waals surface area contributed by atoms with Gasteiger partial charge in [-0.15, -0.1) is 0 Å². The van der Waals surface area contributed by atoms with Gasteiger partial charge in [-0.05, 0) is 51.0 Å². The number of ether oxygens (including phenoxy) is 1. The first-order valence-electron chi connectivity index (χ1n) is 7.92. The minimum atomic E-state index is -0.613. The number of hydrogen-bond acceptors (Lipinski definition) is 3. The van der Waals surface area contributed by atoms with Gasteiger partial charge in [-0.3, -0.25) is 4.79 Å². The summed E-state index contributed by atoms with van der Waals surface area (Å²) in [7, 11) is 0. The molecular formula is C18H32O3. The molecule has 0 aromatic carbocycles. The molecule has 1 unspecified atom stereocenters. The summed E-state index contributed by atoms with van der Waals surface area (Å²) in [5.41, 5.74) is 0.0976. The number of esters is 1. The number of aliphatic hydroxyl groups is 1. The Labute approximate surface area is 129 Å². The van der Waals surface area contributed by atoms with Gasteiger partial charge in [0, 0.05) is 5.41 Å². The fourth-order valence-electron chi connectivity index (χ4n) is 3.05. The highest BCUT2D eigenvalue weighted by molar-refractivity contribution is 5.71. The Bertz CT molecular complexity index is 392. The van der Waals surface area contributed by atoms with Gasteiger partial charge >= 0.3 is 5.97 Å².